The van der Waals surface area contributed by atoms with Crippen LogP contribution >= 0.6 is 0 Å². The summed E-state index contributed by atoms with van der Waals surface area (Å²) in [4.78, 5) is 2.68. The number of rotatable bonds is 2. The Morgan fingerprint density at radius 1 is 1.10 bits per heavy atom. The number of nitrogens with two attached hydrogens (primary N) is 1. The fourth-order valence-electron chi connectivity index (χ4n) is 6.28. The van der Waals surface area contributed by atoms with Crippen LogP contribution < -0.4 is 5.73 Å². The van der Waals surface area contributed by atoms with Gasteiger partial charge >= 0.3 is 0 Å². The molecule has 2 saturated heterocycles. The van der Waals surface area contributed by atoms with Crippen molar-refractivity contribution in [2.75, 3.05) is 18.8 Å². The maximum absolute atomic E-state index is 6.61. The summed E-state index contributed by atoms with van der Waals surface area (Å²) in [5, 5.41) is 4.94. The zero-order valence-corrected chi connectivity index (χ0v) is 16.8. The van der Waals surface area contributed by atoms with Gasteiger partial charge in [-0.3, -0.25) is 4.90 Å². The maximum Gasteiger partial charge on any atom is 0.0649 e. The van der Waals surface area contributed by atoms with E-state index in [2.05, 4.69) is 77.3 Å². The Balaban J connectivity index is 1.69. The summed E-state index contributed by atoms with van der Waals surface area (Å²) < 4.78 is 2.20. The number of para-hydroxylation sites is 2. The van der Waals surface area contributed by atoms with Crippen molar-refractivity contribution in [3.8, 4) is 5.69 Å². The molecule has 2 aliphatic heterocycles. The topological polar surface area (TPSA) is 47.1 Å². The van der Waals surface area contributed by atoms with Gasteiger partial charge < -0.3 is 5.73 Å². The highest BCUT2D eigenvalue weighted by molar-refractivity contribution is 5.61. The van der Waals surface area contributed by atoms with E-state index in [0.29, 0.717) is 12.0 Å². The lowest BCUT2D eigenvalue weighted by Crippen LogP contribution is -2.52. The van der Waals surface area contributed by atoms with E-state index in [1.54, 1.807) is 0 Å². The third-order valence-corrected chi connectivity index (χ3v) is 7.50. The Kier molecular flexibility index (Phi) is 3.57. The zero-order valence-electron chi connectivity index (χ0n) is 16.8. The number of benzene rings is 2. The van der Waals surface area contributed by atoms with Crippen LogP contribution in [0.25, 0.3) is 5.69 Å². The van der Waals surface area contributed by atoms with Crippen LogP contribution in [-0.2, 0) is 5.41 Å². The molecular formula is C25H26N4. The van der Waals surface area contributed by atoms with Gasteiger partial charge in [-0.1, -0.05) is 48.0 Å². The third kappa shape index (κ3) is 2.15. The molecule has 146 valence electrons. The van der Waals surface area contributed by atoms with E-state index < -0.39 is 0 Å². The second-order valence-electron chi connectivity index (χ2n) is 8.64. The lowest BCUT2D eigenvalue weighted by atomic mass is 9.60. The zero-order chi connectivity index (χ0) is 19.6. The predicted molar refractivity (Wildman–Crippen MR) is 116 cm³/mol. The first-order valence-electron chi connectivity index (χ1n) is 10.6. The van der Waals surface area contributed by atoms with Crippen molar-refractivity contribution in [3.63, 3.8) is 0 Å². The molecule has 0 radical (unpaired) electrons. The molecule has 1 aromatic heterocycles. The predicted octanol–water partition coefficient (Wildman–Crippen LogP) is 4.26. The highest BCUT2D eigenvalue weighted by atomic mass is 15.3. The lowest BCUT2D eigenvalue weighted by Gasteiger charge is -2.49. The van der Waals surface area contributed by atoms with Crippen molar-refractivity contribution in [2.45, 2.75) is 37.1 Å². The smallest absolute Gasteiger partial charge is 0.0649 e. The fourth-order valence-corrected chi connectivity index (χ4v) is 6.28. The van der Waals surface area contributed by atoms with Crippen molar-refractivity contribution < 1.29 is 0 Å². The molecule has 6 rings (SSSR count). The summed E-state index contributed by atoms with van der Waals surface area (Å²) in [6, 6.07) is 19.5. The van der Waals surface area contributed by atoms with Crippen LogP contribution in [0.2, 0.25) is 0 Å². The first kappa shape index (κ1) is 17.0. The minimum atomic E-state index is -0.108. The second kappa shape index (κ2) is 6.07. The summed E-state index contributed by atoms with van der Waals surface area (Å²) in [5.41, 5.74) is 14.1. The molecule has 2 aromatic carbocycles. The summed E-state index contributed by atoms with van der Waals surface area (Å²) in [6.07, 6.45) is 6.69. The molecule has 0 saturated carbocycles. The molecule has 1 unspecified atom stereocenters. The van der Waals surface area contributed by atoms with E-state index in [0.717, 1.165) is 37.3 Å². The van der Waals surface area contributed by atoms with Crippen LogP contribution in [0.15, 0.2) is 72.4 Å². The van der Waals surface area contributed by atoms with Gasteiger partial charge in [-0.15, -0.1) is 0 Å². The van der Waals surface area contributed by atoms with Crippen LogP contribution in [0.5, 0.6) is 0 Å². The number of fused-ring (bicyclic) bond motifs is 4. The van der Waals surface area contributed by atoms with Gasteiger partial charge in [0.2, 0.25) is 0 Å². The molecule has 3 heterocycles. The molecule has 2 bridgehead atoms. The highest BCUT2D eigenvalue weighted by Crippen LogP contribution is 2.59. The number of nitrogen functional groups attached to an aromatic ring is 1. The van der Waals surface area contributed by atoms with Gasteiger partial charge in [0, 0.05) is 36.3 Å². The molecular weight excluding hydrogens is 356 g/mol. The molecule has 4 heteroatoms. The van der Waals surface area contributed by atoms with Crippen molar-refractivity contribution in [3.05, 3.63) is 89.3 Å². The Labute approximate surface area is 171 Å². The first-order valence-corrected chi connectivity index (χ1v) is 10.6. The number of hydrogen-bond acceptors (Lipinski definition) is 3. The number of allylic oxidation sites excluding steroid dienone is 1. The summed E-state index contributed by atoms with van der Waals surface area (Å²) >= 11 is 0. The van der Waals surface area contributed by atoms with Crippen LogP contribution in [0, 0.1) is 0 Å². The molecule has 0 spiro atoms. The minimum Gasteiger partial charge on any atom is -0.398 e. The maximum atomic E-state index is 6.61. The standard InChI is InChI=1S/C25H26N4/c1-2-17-16-28-13-12-25(21-10-6-7-11-22(21)26)23(28)14-19(17)20-15-27-29(24(20)25)18-8-4-3-5-9-18/h2-11,15,19,23H,12-14,16,26H2,1H3/b17-2+/t19-,23+,25?/m0/s1. The van der Waals surface area contributed by atoms with Crippen LogP contribution in [0.1, 0.15) is 42.5 Å². The normalized spacial score (nSPS) is 29.2. The van der Waals surface area contributed by atoms with Gasteiger partial charge in [0.25, 0.3) is 0 Å². The van der Waals surface area contributed by atoms with Gasteiger partial charge in [-0.2, -0.15) is 5.10 Å². The first-order chi connectivity index (χ1) is 14.2. The van der Waals surface area contributed by atoms with E-state index in [1.165, 1.54) is 22.4 Å². The molecule has 4 nitrogen and oxygen atoms in total. The number of anilines is 1. The van der Waals surface area contributed by atoms with Crippen LogP contribution in [-0.4, -0.2) is 33.8 Å². The SMILES string of the molecule is C/C=C1\CN2CCC3(c4ccccc4N)c4c(cnn4-c4ccccc4)[C@H]1C[C@@H]23. The monoisotopic (exact) mass is 382 g/mol. The van der Waals surface area contributed by atoms with Crippen molar-refractivity contribution in [2.24, 2.45) is 0 Å². The van der Waals surface area contributed by atoms with Gasteiger partial charge in [0.15, 0.2) is 0 Å². The highest BCUT2D eigenvalue weighted by Gasteiger charge is 2.59. The van der Waals surface area contributed by atoms with Crippen LogP contribution in [0.4, 0.5) is 5.69 Å². The average molecular weight is 383 g/mol. The molecule has 3 aromatic rings. The Morgan fingerprint density at radius 3 is 2.69 bits per heavy atom. The molecule has 2 fully saturated rings. The Hall–Kier alpha value is -2.85. The molecule has 1 aliphatic carbocycles. The number of hydrogen-bond donors (Lipinski definition) is 1. The fraction of sp³-hybridized carbons (Fsp3) is 0.320. The van der Waals surface area contributed by atoms with Crippen molar-refractivity contribution >= 4 is 5.69 Å². The van der Waals surface area contributed by atoms with E-state index in [1.807, 2.05) is 6.07 Å². The summed E-state index contributed by atoms with van der Waals surface area (Å²) in [7, 11) is 0. The van der Waals surface area contributed by atoms with E-state index in [4.69, 9.17) is 10.8 Å². The number of nitrogens with zero attached hydrogens (tertiary/aromatic N) is 3. The number of piperidine rings is 1. The molecule has 29 heavy (non-hydrogen) atoms. The second-order valence-corrected chi connectivity index (χ2v) is 8.64. The van der Waals surface area contributed by atoms with Gasteiger partial charge in [-0.25, -0.2) is 4.68 Å². The average Bonchev–Trinajstić information content (AvgIpc) is 3.37. The number of aromatic nitrogens is 2. The largest absolute Gasteiger partial charge is 0.398 e. The van der Waals surface area contributed by atoms with E-state index in [9.17, 15) is 0 Å². The molecule has 3 aliphatic rings. The van der Waals surface area contributed by atoms with E-state index in [-0.39, 0.29) is 5.41 Å². The summed E-state index contributed by atoms with van der Waals surface area (Å²) in [5.74, 6) is 0.463. The van der Waals surface area contributed by atoms with Gasteiger partial charge in [-0.05, 0) is 43.5 Å². The quantitative estimate of drug-likeness (QED) is 0.532. The van der Waals surface area contributed by atoms with Crippen LogP contribution in [0.3, 0.4) is 0 Å². The Morgan fingerprint density at radius 2 is 1.90 bits per heavy atom. The molecule has 0 amide bonds. The van der Waals surface area contributed by atoms with Gasteiger partial charge in [0.05, 0.1) is 23.0 Å². The Bertz CT molecular complexity index is 1110. The molecule has 3 atom stereocenters. The van der Waals surface area contributed by atoms with Crippen molar-refractivity contribution in [1.82, 2.24) is 14.7 Å². The van der Waals surface area contributed by atoms with Gasteiger partial charge in [0.1, 0.15) is 0 Å². The molecule has 2 N–H and O–H groups in total. The van der Waals surface area contributed by atoms with Crippen molar-refractivity contribution in [1.29, 1.82) is 0 Å². The minimum absolute atomic E-state index is 0.108. The lowest BCUT2D eigenvalue weighted by molar-refractivity contribution is 0.171. The summed E-state index contributed by atoms with van der Waals surface area (Å²) in [6.45, 7) is 4.35. The third-order valence-electron chi connectivity index (χ3n) is 7.50. The van der Waals surface area contributed by atoms with E-state index >= 15 is 0 Å².